The van der Waals surface area contributed by atoms with E-state index in [0.29, 0.717) is 34.1 Å². The van der Waals surface area contributed by atoms with Gasteiger partial charge < -0.3 is 14.9 Å². The van der Waals surface area contributed by atoms with Gasteiger partial charge in [0.15, 0.2) is 11.6 Å². The van der Waals surface area contributed by atoms with Gasteiger partial charge in [-0.25, -0.2) is 0 Å². The third-order valence-electron chi connectivity index (χ3n) is 5.75. The van der Waals surface area contributed by atoms with Gasteiger partial charge in [-0.15, -0.1) is 0 Å². The summed E-state index contributed by atoms with van der Waals surface area (Å²) in [5.41, 5.74) is 2.30. The number of hydrogen-bond donors (Lipinski definition) is 2. The Balaban J connectivity index is 0.000000225. The standard InChI is InChI=1S/2C14H12O2.C8H18O/c2*15-13(11-7-3-1-4-8-11)14(16)12-9-5-2-6-10-12;1-7(2)5-9-6-8(3)4/h2*1-10,13,15H;7-8H,5-6H2,1-4H3. The number of ketones is 2. The number of hydrogen-bond acceptors (Lipinski definition) is 5. The lowest BCUT2D eigenvalue weighted by molar-refractivity contribution is 0.0743. The monoisotopic (exact) mass is 554 g/mol. The smallest absolute Gasteiger partial charge is 0.195 e. The normalized spacial score (nSPS) is 11.9. The maximum atomic E-state index is 11.9. The summed E-state index contributed by atoms with van der Waals surface area (Å²) in [7, 11) is 0. The van der Waals surface area contributed by atoms with Gasteiger partial charge in [-0.1, -0.05) is 149 Å². The average molecular weight is 555 g/mol. The van der Waals surface area contributed by atoms with Crippen molar-refractivity contribution in [2.24, 2.45) is 11.8 Å². The van der Waals surface area contributed by atoms with Crippen LogP contribution >= 0.6 is 0 Å². The SMILES string of the molecule is CC(C)COCC(C)C.O=C(c1ccccc1)C(O)c1ccccc1.O=C(c1ccccc1)C(O)c1ccccc1. The molecule has 0 heterocycles. The number of carbonyl (C=O) groups excluding carboxylic acids is 2. The molecule has 0 radical (unpaired) electrons. The van der Waals surface area contributed by atoms with E-state index in [1.807, 2.05) is 24.3 Å². The van der Waals surface area contributed by atoms with Crippen molar-refractivity contribution in [1.29, 1.82) is 0 Å². The van der Waals surface area contributed by atoms with Crippen molar-refractivity contribution in [3.8, 4) is 0 Å². The maximum Gasteiger partial charge on any atom is 0.195 e. The lowest BCUT2D eigenvalue weighted by Crippen LogP contribution is -2.11. The number of carbonyl (C=O) groups is 2. The van der Waals surface area contributed by atoms with E-state index in [-0.39, 0.29) is 11.6 Å². The number of benzene rings is 4. The Hall–Kier alpha value is -3.90. The topological polar surface area (TPSA) is 83.8 Å². The molecule has 0 saturated heterocycles. The third-order valence-corrected chi connectivity index (χ3v) is 5.75. The first-order chi connectivity index (χ1) is 19.7. The van der Waals surface area contributed by atoms with Gasteiger partial charge in [0.2, 0.25) is 0 Å². The van der Waals surface area contributed by atoms with Gasteiger partial charge in [0.05, 0.1) is 0 Å². The molecule has 0 saturated carbocycles. The van der Waals surface area contributed by atoms with E-state index < -0.39 is 12.2 Å². The summed E-state index contributed by atoms with van der Waals surface area (Å²) in [6.45, 7) is 10.5. The van der Waals surface area contributed by atoms with Crippen LogP contribution in [0.2, 0.25) is 0 Å². The highest BCUT2D eigenvalue weighted by molar-refractivity contribution is 6.00. The average Bonchev–Trinajstić information content (AvgIpc) is 3.01. The van der Waals surface area contributed by atoms with Crippen LogP contribution in [0.25, 0.3) is 0 Å². The fourth-order valence-electron chi connectivity index (χ4n) is 3.63. The summed E-state index contributed by atoms with van der Waals surface area (Å²) in [6.07, 6.45) is -2.16. The molecule has 2 atom stereocenters. The molecule has 4 rings (SSSR count). The second kappa shape index (κ2) is 18.4. The maximum absolute atomic E-state index is 11.9. The molecule has 216 valence electrons. The molecular weight excluding hydrogens is 512 g/mol. The van der Waals surface area contributed by atoms with Gasteiger partial charge in [0.25, 0.3) is 0 Å². The summed E-state index contributed by atoms with van der Waals surface area (Å²) in [6, 6.07) is 35.5. The summed E-state index contributed by atoms with van der Waals surface area (Å²) in [5, 5.41) is 19.8. The molecular formula is C36H42O5. The molecule has 4 aromatic rings. The van der Waals surface area contributed by atoms with Gasteiger partial charge in [0.1, 0.15) is 12.2 Å². The Morgan fingerprint density at radius 1 is 0.512 bits per heavy atom. The molecule has 0 aromatic heterocycles. The largest absolute Gasteiger partial charge is 0.381 e. The Morgan fingerprint density at radius 2 is 0.780 bits per heavy atom. The van der Waals surface area contributed by atoms with Crippen LogP contribution in [0.3, 0.4) is 0 Å². The summed E-state index contributed by atoms with van der Waals surface area (Å²) in [5.74, 6) is 0.797. The van der Waals surface area contributed by atoms with E-state index in [9.17, 15) is 19.8 Å². The number of aliphatic hydroxyl groups excluding tert-OH is 2. The first kappa shape index (κ1) is 33.3. The van der Waals surface area contributed by atoms with E-state index in [4.69, 9.17) is 4.74 Å². The molecule has 5 nitrogen and oxygen atoms in total. The van der Waals surface area contributed by atoms with E-state index in [2.05, 4.69) is 27.7 Å². The minimum absolute atomic E-state index is 0.271. The minimum atomic E-state index is -1.08. The molecule has 2 unspecified atom stereocenters. The fraction of sp³-hybridized carbons (Fsp3) is 0.278. The fourth-order valence-corrected chi connectivity index (χ4v) is 3.63. The number of Topliss-reactive ketones (excluding diaryl/α,β-unsaturated/α-hetero) is 2. The zero-order chi connectivity index (χ0) is 30.0. The lowest BCUT2D eigenvalue weighted by atomic mass is 10.0. The van der Waals surface area contributed by atoms with Crippen LogP contribution in [-0.4, -0.2) is 35.0 Å². The van der Waals surface area contributed by atoms with Gasteiger partial charge in [-0.05, 0) is 23.0 Å². The van der Waals surface area contributed by atoms with Crippen molar-refractivity contribution in [2.45, 2.75) is 39.9 Å². The molecule has 0 bridgehead atoms. The highest BCUT2D eigenvalue weighted by Gasteiger charge is 2.19. The third kappa shape index (κ3) is 12.4. The van der Waals surface area contributed by atoms with Gasteiger partial charge in [-0.3, -0.25) is 9.59 Å². The van der Waals surface area contributed by atoms with Crippen LogP contribution < -0.4 is 0 Å². The summed E-state index contributed by atoms with van der Waals surface area (Å²) in [4.78, 5) is 23.8. The van der Waals surface area contributed by atoms with E-state index in [0.717, 1.165) is 13.2 Å². The van der Waals surface area contributed by atoms with Crippen LogP contribution in [0.1, 0.15) is 71.7 Å². The van der Waals surface area contributed by atoms with Gasteiger partial charge >= 0.3 is 0 Å². The van der Waals surface area contributed by atoms with E-state index >= 15 is 0 Å². The first-order valence-electron chi connectivity index (χ1n) is 13.9. The zero-order valence-corrected chi connectivity index (χ0v) is 24.4. The molecule has 0 aliphatic heterocycles. The number of rotatable bonds is 10. The van der Waals surface area contributed by atoms with E-state index in [1.165, 1.54) is 0 Å². The highest BCUT2D eigenvalue weighted by atomic mass is 16.5. The second-order valence-electron chi connectivity index (χ2n) is 10.4. The van der Waals surface area contributed by atoms with Gasteiger partial charge in [-0.2, -0.15) is 0 Å². The molecule has 2 N–H and O–H groups in total. The lowest BCUT2D eigenvalue weighted by Gasteiger charge is -2.09. The van der Waals surface area contributed by atoms with Crippen molar-refractivity contribution >= 4 is 11.6 Å². The molecule has 0 amide bonds. The Morgan fingerprint density at radius 3 is 1.05 bits per heavy atom. The summed E-state index contributed by atoms with van der Waals surface area (Å²) < 4.78 is 5.36. The van der Waals surface area contributed by atoms with Crippen LogP contribution in [-0.2, 0) is 4.74 Å². The van der Waals surface area contributed by atoms with Crippen molar-refractivity contribution in [3.63, 3.8) is 0 Å². The predicted octanol–water partition coefficient (Wildman–Crippen LogP) is 7.52. The molecule has 0 fully saturated rings. The minimum Gasteiger partial charge on any atom is -0.381 e. The van der Waals surface area contributed by atoms with Crippen LogP contribution in [0.4, 0.5) is 0 Å². The Kier molecular flexibility index (Phi) is 15.0. The number of aliphatic hydroxyl groups is 2. The van der Waals surface area contributed by atoms with Crippen molar-refractivity contribution in [1.82, 2.24) is 0 Å². The first-order valence-corrected chi connectivity index (χ1v) is 13.9. The van der Waals surface area contributed by atoms with Crippen molar-refractivity contribution in [2.75, 3.05) is 13.2 Å². The molecule has 41 heavy (non-hydrogen) atoms. The number of ether oxygens (including phenoxy) is 1. The van der Waals surface area contributed by atoms with Gasteiger partial charge in [0, 0.05) is 24.3 Å². The van der Waals surface area contributed by atoms with Crippen LogP contribution in [0.5, 0.6) is 0 Å². The van der Waals surface area contributed by atoms with Crippen LogP contribution in [0.15, 0.2) is 121 Å². The summed E-state index contributed by atoms with van der Waals surface area (Å²) >= 11 is 0. The molecule has 0 aliphatic carbocycles. The predicted molar refractivity (Wildman–Crippen MR) is 165 cm³/mol. The zero-order valence-electron chi connectivity index (χ0n) is 24.4. The van der Waals surface area contributed by atoms with Crippen LogP contribution in [0, 0.1) is 11.8 Å². The van der Waals surface area contributed by atoms with Crippen molar-refractivity contribution < 1.29 is 24.5 Å². The second-order valence-corrected chi connectivity index (χ2v) is 10.4. The molecule has 4 aromatic carbocycles. The Labute approximate surface area is 244 Å². The van der Waals surface area contributed by atoms with Crippen molar-refractivity contribution in [3.05, 3.63) is 144 Å². The van der Waals surface area contributed by atoms with E-state index in [1.54, 1.807) is 97.1 Å². The molecule has 5 heteroatoms. The molecule has 0 aliphatic rings. The highest BCUT2D eigenvalue weighted by Crippen LogP contribution is 2.18. The Bertz CT molecular complexity index is 1160. The quantitative estimate of drug-likeness (QED) is 0.198. The molecule has 0 spiro atoms.